The first-order chi connectivity index (χ1) is 9.51. The normalized spacial score (nSPS) is 12.4. The Bertz CT molecular complexity index is 608. The highest BCUT2D eigenvalue weighted by Gasteiger charge is 2.11. The number of nitrogens with one attached hydrogen (secondary N) is 2. The maximum absolute atomic E-state index is 5.74. The van der Waals surface area contributed by atoms with E-state index >= 15 is 0 Å². The molecule has 0 spiro atoms. The Labute approximate surface area is 119 Å². The number of pyridine rings is 1. The average Bonchev–Trinajstić information content (AvgIpc) is 2.36. The molecule has 4 N–H and O–H groups in total. The van der Waals surface area contributed by atoms with Crippen LogP contribution in [-0.4, -0.2) is 34.6 Å². The second kappa shape index (κ2) is 6.00. The maximum atomic E-state index is 5.74. The van der Waals surface area contributed by atoms with Gasteiger partial charge in [0.1, 0.15) is 5.82 Å². The molecule has 0 saturated heterocycles. The highest BCUT2D eigenvalue weighted by atomic mass is 15.2. The van der Waals surface area contributed by atoms with Gasteiger partial charge in [-0.15, -0.1) is 0 Å². The fourth-order valence-corrected chi connectivity index (χ4v) is 2.15. The molecule has 1 unspecified atom stereocenters. The van der Waals surface area contributed by atoms with Crippen LogP contribution in [0.3, 0.4) is 0 Å². The van der Waals surface area contributed by atoms with Gasteiger partial charge >= 0.3 is 0 Å². The van der Waals surface area contributed by atoms with Crippen molar-refractivity contribution in [2.45, 2.75) is 33.2 Å². The van der Waals surface area contributed by atoms with Crippen LogP contribution >= 0.6 is 0 Å². The number of hydrogen-bond donors (Lipinski definition) is 3. The van der Waals surface area contributed by atoms with Gasteiger partial charge in [0.15, 0.2) is 5.65 Å². The van der Waals surface area contributed by atoms with Gasteiger partial charge in [0, 0.05) is 25.3 Å². The molecular weight excluding hydrogens is 252 g/mol. The molecule has 0 aliphatic heterocycles. The molecule has 0 radical (unpaired) electrons. The quantitative estimate of drug-likeness (QED) is 0.771. The minimum atomic E-state index is 0.161. The van der Waals surface area contributed by atoms with Crippen LogP contribution in [0.15, 0.2) is 6.07 Å². The third kappa shape index (κ3) is 3.14. The Kier molecular flexibility index (Phi) is 4.34. The molecule has 0 aromatic carbocycles. The molecule has 2 heterocycles. The number of nitrogens with two attached hydrogens (primary N) is 1. The zero-order valence-corrected chi connectivity index (χ0v) is 12.5. The summed E-state index contributed by atoms with van der Waals surface area (Å²) in [5.74, 6) is 1.38. The Morgan fingerprint density at radius 1 is 1.25 bits per heavy atom. The number of anilines is 2. The molecule has 108 valence electrons. The summed E-state index contributed by atoms with van der Waals surface area (Å²) in [6.07, 6.45) is 0.872. The van der Waals surface area contributed by atoms with E-state index in [1.165, 1.54) is 0 Å². The summed E-state index contributed by atoms with van der Waals surface area (Å²) in [6.45, 7) is 6.74. The minimum Gasteiger partial charge on any atom is -0.372 e. The first-order valence-electron chi connectivity index (χ1n) is 6.84. The van der Waals surface area contributed by atoms with E-state index in [-0.39, 0.29) is 6.04 Å². The van der Waals surface area contributed by atoms with Crippen molar-refractivity contribution < 1.29 is 0 Å². The number of aryl methyl sites for hydroxylation is 2. The van der Waals surface area contributed by atoms with Crippen molar-refractivity contribution in [3.63, 3.8) is 0 Å². The van der Waals surface area contributed by atoms with Gasteiger partial charge in [0.05, 0.1) is 5.39 Å². The summed E-state index contributed by atoms with van der Waals surface area (Å²) in [4.78, 5) is 13.5. The molecule has 0 fully saturated rings. The molecule has 2 aromatic heterocycles. The van der Waals surface area contributed by atoms with Gasteiger partial charge in [-0.25, -0.2) is 4.98 Å². The Morgan fingerprint density at radius 3 is 2.65 bits per heavy atom. The van der Waals surface area contributed by atoms with Crippen LogP contribution in [0, 0.1) is 13.8 Å². The first kappa shape index (κ1) is 14.5. The van der Waals surface area contributed by atoms with Crippen molar-refractivity contribution >= 4 is 22.8 Å². The topological polar surface area (TPSA) is 88.8 Å². The smallest absolute Gasteiger partial charge is 0.226 e. The summed E-state index contributed by atoms with van der Waals surface area (Å²) in [7, 11) is 1.85. The van der Waals surface area contributed by atoms with Gasteiger partial charge in [-0.2, -0.15) is 9.97 Å². The molecule has 0 aliphatic carbocycles. The van der Waals surface area contributed by atoms with E-state index in [9.17, 15) is 0 Å². The molecule has 1 atom stereocenters. The molecule has 0 saturated carbocycles. The number of hydrogen-bond acceptors (Lipinski definition) is 6. The largest absolute Gasteiger partial charge is 0.372 e. The lowest BCUT2D eigenvalue weighted by atomic mass is 10.1. The second-order valence-corrected chi connectivity index (χ2v) is 5.12. The summed E-state index contributed by atoms with van der Waals surface area (Å²) >= 11 is 0. The van der Waals surface area contributed by atoms with E-state index in [0.29, 0.717) is 11.6 Å². The van der Waals surface area contributed by atoms with Crippen molar-refractivity contribution in [3.05, 3.63) is 17.3 Å². The van der Waals surface area contributed by atoms with Gasteiger partial charge in [0.25, 0.3) is 0 Å². The van der Waals surface area contributed by atoms with Crippen LogP contribution in [0.1, 0.15) is 24.6 Å². The summed E-state index contributed by atoms with van der Waals surface area (Å²) in [5.41, 5.74) is 8.53. The van der Waals surface area contributed by atoms with Gasteiger partial charge in [-0.1, -0.05) is 0 Å². The van der Waals surface area contributed by atoms with E-state index in [2.05, 4.69) is 25.6 Å². The van der Waals surface area contributed by atoms with Crippen molar-refractivity contribution in [2.24, 2.45) is 5.73 Å². The zero-order valence-electron chi connectivity index (χ0n) is 12.5. The lowest BCUT2D eigenvalue weighted by molar-refractivity contribution is 0.688. The fourth-order valence-electron chi connectivity index (χ4n) is 2.15. The zero-order chi connectivity index (χ0) is 14.7. The van der Waals surface area contributed by atoms with E-state index < -0.39 is 0 Å². The van der Waals surface area contributed by atoms with E-state index in [1.807, 2.05) is 33.9 Å². The van der Waals surface area contributed by atoms with E-state index in [1.54, 1.807) is 0 Å². The number of rotatable bonds is 5. The number of aromatic nitrogens is 3. The lowest BCUT2D eigenvalue weighted by Gasteiger charge is -2.12. The van der Waals surface area contributed by atoms with Crippen molar-refractivity contribution in [1.82, 2.24) is 15.0 Å². The highest BCUT2D eigenvalue weighted by Crippen LogP contribution is 2.24. The monoisotopic (exact) mass is 274 g/mol. The van der Waals surface area contributed by atoms with E-state index in [0.717, 1.165) is 35.4 Å². The highest BCUT2D eigenvalue weighted by molar-refractivity contribution is 5.90. The van der Waals surface area contributed by atoms with Crippen LogP contribution in [-0.2, 0) is 0 Å². The Morgan fingerprint density at radius 2 is 2.00 bits per heavy atom. The molecule has 20 heavy (non-hydrogen) atoms. The van der Waals surface area contributed by atoms with Crippen molar-refractivity contribution in [3.8, 4) is 0 Å². The van der Waals surface area contributed by atoms with Gasteiger partial charge < -0.3 is 16.4 Å². The first-order valence-corrected chi connectivity index (χ1v) is 6.84. The minimum absolute atomic E-state index is 0.161. The molecule has 0 bridgehead atoms. The van der Waals surface area contributed by atoms with Crippen LogP contribution in [0.2, 0.25) is 0 Å². The Balaban J connectivity index is 2.38. The van der Waals surface area contributed by atoms with Crippen LogP contribution in [0.5, 0.6) is 0 Å². The van der Waals surface area contributed by atoms with E-state index in [4.69, 9.17) is 5.73 Å². The fraction of sp³-hybridized carbons (Fsp3) is 0.500. The molecule has 2 rings (SSSR count). The molecular formula is C14H22N6. The van der Waals surface area contributed by atoms with Crippen molar-refractivity contribution in [2.75, 3.05) is 24.2 Å². The average molecular weight is 274 g/mol. The maximum Gasteiger partial charge on any atom is 0.226 e. The van der Waals surface area contributed by atoms with Gasteiger partial charge in [-0.3, -0.25) is 0 Å². The molecule has 6 heteroatoms. The summed E-state index contributed by atoms with van der Waals surface area (Å²) in [6, 6.07) is 2.20. The van der Waals surface area contributed by atoms with Crippen LogP contribution < -0.4 is 16.4 Å². The second-order valence-electron chi connectivity index (χ2n) is 5.12. The summed E-state index contributed by atoms with van der Waals surface area (Å²) in [5, 5.41) is 7.28. The van der Waals surface area contributed by atoms with Gasteiger partial charge in [-0.05, 0) is 38.8 Å². The lowest BCUT2D eigenvalue weighted by Crippen LogP contribution is -2.20. The SMILES string of the molecule is CNc1nc(NCCC(C)N)nc2nc(C)cc(C)c12. The predicted octanol–water partition coefficient (Wildman–Crippen LogP) is 1.83. The third-order valence-corrected chi connectivity index (χ3v) is 3.11. The molecule has 0 aliphatic rings. The molecule has 6 nitrogen and oxygen atoms in total. The summed E-state index contributed by atoms with van der Waals surface area (Å²) < 4.78 is 0. The Hall–Kier alpha value is -1.95. The molecule has 0 amide bonds. The number of fused-ring (bicyclic) bond motifs is 1. The molecule has 2 aromatic rings. The third-order valence-electron chi connectivity index (χ3n) is 3.11. The number of nitrogens with zero attached hydrogens (tertiary/aromatic N) is 3. The van der Waals surface area contributed by atoms with Crippen LogP contribution in [0.25, 0.3) is 11.0 Å². The van der Waals surface area contributed by atoms with Gasteiger partial charge in [0.2, 0.25) is 5.95 Å². The standard InChI is InChI=1S/C14H22N6/c1-8-7-10(3)18-13-11(8)12(16-4)19-14(20-13)17-6-5-9(2)15/h7,9H,5-6,15H2,1-4H3,(H2,16,17,18,19,20). The predicted molar refractivity (Wildman–Crippen MR) is 83.1 cm³/mol. The van der Waals surface area contributed by atoms with Crippen molar-refractivity contribution in [1.29, 1.82) is 0 Å². The van der Waals surface area contributed by atoms with Crippen LogP contribution in [0.4, 0.5) is 11.8 Å².